The fourth-order valence-electron chi connectivity index (χ4n) is 2.23. The number of hydrogen-bond donors (Lipinski definition) is 1. The molecule has 0 aliphatic carbocycles. The maximum atomic E-state index is 9.20. The topological polar surface area (TPSA) is 49.5 Å². The summed E-state index contributed by atoms with van der Waals surface area (Å²) in [6.07, 6.45) is 3.96. The van der Waals surface area contributed by atoms with E-state index >= 15 is 0 Å². The highest BCUT2D eigenvalue weighted by Crippen LogP contribution is 2.23. The van der Waals surface area contributed by atoms with Crippen LogP contribution in [0.25, 0.3) is 0 Å². The number of rotatable bonds is 7. The van der Waals surface area contributed by atoms with Gasteiger partial charge < -0.3 is 9.52 Å². The molecule has 1 rings (SSSR count). The van der Waals surface area contributed by atoms with Crippen LogP contribution in [-0.4, -0.2) is 34.2 Å². The van der Waals surface area contributed by atoms with E-state index in [4.69, 9.17) is 4.42 Å². The molecule has 0 radical (unpaired) electrons. The molecular formula is C15H28N2O2. The lowest BCUT2D eigenvalue weighted by atomic mass is 9.94. The molecule has 1 heterocycles. The van der Waals surface area contributed by atoms with Gasteiger partial charge in [0.15, 0.2) is 0 Å². The van der Waals surface area contributed by atoms with Crippen molar-refractivity contribution in [3.63, 3.8) is 0 Å². The normalized spacial score (nSPS) is 12.6. The summed E-state index contributed by atoms with van der Waals surface area (Å²) in [4.78, 5) is 6.61. The van der Waals surface area contributed by atoms with Crippen molar-refractivity contribution in [1.82, 2.24) is 9.88 Å². The molecule has 0 spiro atoms. The number of nitrogens with zero attached hydrogens (tertiary/aromatic N) is 2. The summed E-state index contributed by atoms with van der Waals surface area (Å²) in [6.45, 7) is 12.2. The maximum absolute atomic E-state index is 9.20. The Balaban J connectivity index is 2.76. The minimum Gasteiger partial charge on any atom is -0.444 e. The third kappa shape index (κ3) is 4.62. The standard InChI is InChI=1S/C15H28N2O2/c1-6-12(7-2)17(8-9-18)11-14-16-10-13(19-14)15(3,4)5/h10,12,18H,6-9,11H2,1-5H3. The maximum Gasteiger partial charge on any atom is 0.208 e. The van der Waals surface area contributed by atoms with Crippen molar-refractivity contribution in [3.8, 4) is 0 Å². The molecule has 0 atom stereocenters. The van der Waals surface area contributed by atoms with Gasteiger partial charge in [0.1, 0.15) is 5.76 Å². The van der Waals surface area contributed by atoms with Gasteiger partial charge in [0.25, 0.3) is 0 Å². The fourth-order valence-corrected chi connectivity index (χ4v) is 2.23. The molecule has 110 valence electrons. The van der Waals surface area contributed by atoms with Gasteiger partial charge in [-0.1, -0.05) is 34.6 Å². The Kier molecular flexibility index (Phi) is 6.01. The van der Waals surface area contributed by atoms with Crippen LogP contribution in [0, 0.1) is 0 Å². The first-order valence-corrected chi connectivity index (χ1v) is 7.22. The van der Waals surface area contributed by atoms with Crippen LogP contribution in [0.15, 0.2) is 10.6 Å². The minimum atomic E-state index is -0.0119. The van der Waals surface area contributed by atoms with Gasteiger partial charge in [-0.2, -0.15) is 0 Å². The molecular weight excluding hydrogens is 240 g/mol. The van der Waals surface area contributed by atoms with Gasteiger partial charge in [0, 0.05) is 18.0 Å². The molecule has 4 nitrogen and oxygen atoms in total. The quantitative estimate of drug-likeness (QED) is 0.826. The third-order valence-electron chi connectivity index (χ3n) is 3.48. The second kappa shape index (κ2) is 7.06. The largest absolute Gasteiger partial charge is 0.444 e. The molecule has 0 aromatic carbocycles. The lowest BCUT2D eigenvalue weighted by molar-refractivity contribution is 0.124. The van der Waals surface area contributed by atoms with Crippen molar-refractivity contribution in [1.29, 1.82) is 0 Å². The fraction of sp³-hybridized carbons (Fsp3) is 0.800. The molecule has 1 N–H and O–H groups in total. The molecule has 19 heavy (non-hydrogen) atoms. The smallest absolute Gasteiger partial charge is 0.208 e. The summed E-state index contributed by atoms with van der Waals surface area (Å²) in [6, 6.07) is 0.470. The molecule has 0 aliphatic rings. The second-order valence-corrected chi connectivity index (χ2v) is 6.03. The molecule has 0 amide bonds. The number of hydrogen-bond acceptors (Lipinski definition) is 4. The van der Waals surface area contributed by atoms with Crippen molar-refractivity contribution in [2.45, 2.75) is 65.5 Å². The molecule has 1 aromatic heterocycles. The van der Waals surface area contributed by atoms with Crippen molar-refractivity contribution >= 4 is 0 Å². The van der Waals surface area contributed by atoms with Crippen LogP contribution >= 0.6 is 0 Å². The summed E-state index contributed by atoms with van der Waals surface area (Å²) in [5.41, 5.74) is -0.0119. The van der Waals surface area contributed by atoms with E-state index in [1.165, 1.54) is 0 Å². The zero-order chi connectivity index (χ0) is 14.5. The highest BCUT2D eigenvalue weighted by molar-refractivity contribution is 5.06. The first-order valence-electron chi connectivity index (χ1n) is 7.22. The zero-order valence-corrected chi connectivity index (χ0v) is 12.9. The molecule has 0 fully saturated rings. The first kappa shape index (κ1) is 16.2. The molecule has 0 unspecified atom stereocenters. The summed E-state index contributed by atoms with van der Waals surface area (Å²) in [5.74, 6) is 1.65. The Labute approximate surface area is 116 Å². The van der Waals surface area contributed by atoms with Crippen LogP contribution in [0.1, 0.15) is 59.1 Å². The number of aliphatic hydroxyl groups is 1. The lowest BCUT2D eigenvalue weighted by Crippen LogP contribution is -2.36. The molecule has 0 saturated heterocycles. The van der Waals surface area contributed by atoms with E-state index in [9.17, 15) is 5.11 Å². The third-order valence-corrected chi connectivity index (χ3v) is 3.48. The first-order chi connectivity index (χ1) is 8.92. The van der Waals surface area contributed by atoms with E-state index < -0.39 is 0 Å². The van der Waals surface area contributed by atoms with Gasteiger partial charge >= 0.3 is 0 Å². The monoisotopic (exact) mass is 268 g/mol. The van der Waals surface area contributed by atoms with Crippen LogP contribution in [-0.2, 0) is 12.0 Å². The predicted molar refractivity (Wildman–Crippen MR) is 77.1 cm³/mol. The van der Waals surface area contributed by atoms with E-state index in [1.54, 1.807) is 0 Å². The highest BCUT2D eigenvalue weighted by Gasteiger charge is 2.21. The Morgan fingerprint density at radius 2 is 1.95 bits per heavy atom. The molecule has 4 heteroatoms. The Bertz CT molecular complexity index is 364. The molecule has 0 bridgehead atoms. The average Bonchev–Trinajstić information content (AvgIpc) is 2.79. The van der Waals surface area contributed by atoms with Crippen molar-refractivity contribution in [2.75, 3.05) is 13.2 Å². The van der Waals surface area contributed by atoms with Crippen LogP contribution < -0.4 is 0 Å². The minimum absolute atomic E-state index is 0.0119. The van der Waals surface area contributed by atoms with Crippen LogP contribution in [0.3, 0.4) is 0 Å². The van der Waals surface area contributed by atoms with Gasteiger partial charge in [-0.25, -0.2) is 4.98 Å². The van der Waals surface area contributed by atoms with Gasteiger partial charge in [-0.3, -0.25) is 4.90 Å². The van der Waals surface area contributed by atoms with Gasteiger partial charge in [0.05, 0.1) is 19.3 Å². The summed E-state index contributed by atoms with van der Waals surface area (Å²) >= 11 is 0. The summed E-state index contributed by atoms with van der Waals surface area (Å²) < 4.78 is 5.83. The molecule has 1 aromatic rings. The lowest BCUT2D eigenvalue weighted by Gasteiger charge is -2.28. The van der Waals surface area contributed by atoms with E-state index in [-0.39, 0.29) is 12.0 Å². The average molecular weight is 268 g/mol. The van der Waals surface area contributed by atoms with Crippen LogP contribution in [0.5, 0.6) is 0 Å². The predicted octanol–water partition coefficient (Wildman–Crippen LogP) is 2.96. The Morgan fingerprint density at radius 3 is 2.37 bits per heavy atom. The SMILES string of the molecule is CCC(CC)N(CCO)Cc1ncc(C(C)(C)C)o1. The number of aromatic nitrogens is 1. The number of aliphatic hydroxyl groups excluding tert-OH is 1. The van der Waals surface area contributed by atoms with Gasteiger partial charge in [0.2, 0.25) is 5.89 Å². The summed E-state index contributed by atoms with van der Waals surface area (Å²) in [7, 11) is 0. The van der Waals surface area contributed by atoms with Crippen LogP contribution in [0.4, 0.5) is 0 Å². The van der Waals surface area contributed by atoms with Crippen LogP contribution in [0.2, 0.25) is 0 Å². The van der Waals surface area contributed by atoms with E-state index in [0.29, 0.717) is 19.1 Å². The Hall–Kier alpha value is -0.870. The molecule has 0 aliphatic heterocycles. The van der Waals surface area contributed by atoms with Gasteiger partial charge in [-0.05, 0) is 12.8 Å². The van der Waals surface area contributed by atoms with E-state index in [2.05, 4.69) is 44.5 Å². The second-order valence-electron chi connectivity index (χ2n) is 6.03. The van der Waals surface area contributed by atoms with Crippen molar-refractivity contribution < 1.29 is 9.52 Å². The molecule has 0 saturated carbocycles. The zero-order valence-electron chi connectivity index (χ0n) is 12.9. The summed E-state index contributed by atoms with van der Waals surface area (Å²) in [5, 5.41) is 9.20. The van der Waals surface area contributed by atoms with E-state index in [1.807, 2.05) is 6.20 Å². The van der Waals surface area contributed by atoms with E-state index in [0.717, 1.165) is 24.5 Å². The van der Waals surface area contributed by atoms with Gasteiger partial charge in [-0.15, -0.1) is 0 Å². The number of oxazole rings is 1. The highest BCUT2D eigenvalue weighted by atomic mass is 16.4. The van der Waals surface area contributed by atoms with Crippen molar-refractivity contribution in [2.24, 2.45) is 0 Å². The Morgan fingerprint density at radius 1 is 1.32 bits per heavy atom. The van der Waals surface area contributed by atoms with Crippen molar-refractivity contribution in [3.05, 3.63) is 17.8 Å².